The number of amides is 1. The van der Waals surface area contributed by atoms with Crippen LogP contribution in [0.15, 0.2) is 72.8 Å². The van der Waals surface area contributed by atoms with Crippen molar-refractivity contribution in [2.45, 2.75) is 58.9 Å². The van der Waals surface area contributed by atoms with Crippen LogP contribution in [-0.4, -0.2) is 22.1 Å². The molecule has 0 aliphatic heterocycles. The molecule has 0 aromatic heterocycles. The number of carboxylic acid groups (broad SMARTS) is 1. The molecule has 3 aromatic carbocycles. The number of hydrogen-bond donors (Lipinski definition) is 2. The highest BCUT2D eigenvalue weighted by atomic mass is 16.4. The highest BCUT2D eigenvalue weighted by Gasteiger charge is 2.43. The number of benzene rings is 3. The largest absolute Gasteiger partial charge is 0.507 e. The number of terminal acetylenes is 1. The number of carbonyl (C=O) groups is 2. The molecule has 0 saturated heterocycles. The van der Waals surface area contributed by atoms with Gasteiger partial charge in [-0.3, -0.25) is 9.69 Å². The molecule has 0 fully saturated rings. The zero-order chi connectivity index (χ0) is 27.2. The Labute approximate surface area is 219 Å². The van der Waals surface area contributed by atoms with Crippen LogP contribution in [0.5, 0.6) is 5.75 Å². The smallest absolute Gasteiger partial charge is 0.339 e. The van der Waals surface area contributed by atoms with Gasteiger partial charge in [-0.1, -0.05) is 94.6 Å². The molecule has 0 aliphatic carbocycles. The van der Waals surface area contributed by atoms with E-state index in [0.29, 0.717) is 11.3 Å². The Morgan fingerprint density at radius 3 is 2.08 bits per heavy atom. The van der Waals surface area contributed by atoms with E-state index in [-0.39, 0.29) is 23.3 Å². The zero-order valence-corrected chi connectivity index (χ0v) is 22.0. The van der Waals surface area contributed by atoms with Crippen molar-refractivity contribution in [1.29, 1.82) is 0 Å². The summed E-state index contributed by atoms with van der Waals surface area (Å²) in [6.07, 6.45) is 9.63. The number of anilines is 1. The molecule has 0 spiro atoms. The molecule has 1 atom stereocenters. The number of hydrogen-bond acceptors (Lipinski definition) is 3. The molecule has 192 valence electrons. The lowest BCUT2D eigenvalue weighted by atomic mass is 9.79. The van der Waals surface area contributed by atoms with E-state index in [1.807, 2.05) is 75.4 Å². The van der Waals surface area contributed by atoms with Gasteiger partial charge in [-0.2, -0.15) is 0 Å². The predicted molar refractivity (Wildman–Crippen MR) is 148 cm³/mol. The second kappa shape index (κ2) is 11.3. The first-order valence-corrected chi connectivity index (χ1v) is 12.6. The first-order chi connectivity index (χ1) is 17.5. The zero-order valence-electron chi connectivity index (χ0n) is 22.0. The minimum atomic E-state index is -1.34. The summed E-state index contributed by atoms with van der Waals surface area (Å²) < 4.78 is 0. The first kappa shape index (κ1) is 27.5. The summed E-state index contributed by atoms with van der Waals surface area (Å²) in [5, 5.41) is 20.0. The molecule has 0 heterocycles. The maximum atomic E-state index is 14.1. The van der Waals surface area contributed by atoms with Gasteiger partial charge in [0.05, 0.1) is 0 Å². The number of carbonyl (C=O) groups excluding carboxylic acids is 1. The minimum Gasteiger partial charge on any atom is -0.507 e. The van der Waals surface area contributed by atoms with Crippen LogP contribution in [-0.2, 0) is 16.8 Å². The van der Waals surface area contributed by atoms with Gasteiger partial charge in [0.1, 0.15) is 11.3 Å². The van der Waals surface area contributed by atoms with Gasteiger partial charge < -0.3 is 10.2 Å². The molecule has 3 aromatic rings. The average molecular weight is 498 g/mol. The number of nitrogens with zero attached hydrogens (tertiary/aromatic N) is 1. The normalized spacial score (nSPS) is 12.8. The summed E-state index contributed by atoms with van der Waals surface area (Å²) in [4.78, 5) is 27.2. The van der Waals surface area contributed by atoms with Crippen LogP contribution in [0.25, 0.3) is 0 Å². The molecule has 0 radical (unpaired) electrons. The van der Waals surface area contributed by atoms with Crippen LogP contribution in [0.4, 0.5) is 5.69 Å². The second-order valence-corrected chi connectivity index (χ2v) is 10.5. The van der Waals surface area contributed by atoms with Gasteiger partial charge in [0.2, 0.25) is 5.91 Å². The lowest BCUT2D eigenvalue weighted by Crippen LogP contribution is -2.51. The van der Waals surface area contributed by atoms with E-state index in [2.05, 4.69) is 12.8 Å². The van der Waals surface area contributed by atoms with Crippen molar-refractivity contribution in [3.05, 3.63) is 95.1 Å². The number of aryl methyl sites for hydroxylation is 1. The summed E-state index contributed by atoms with van der Waals surface area (Å²) in [7, 11) is 0. The molecule has 0 saturated carbocycles. The molecular weight excluding hydrogens is 462 g/mol. The van der Waals surface area contributed by atoms with Crippen molar-refractivity contribution < 1.29 is 19.8 Å². The summed E-state index contributed by atoms with van der Waals surface area (Å²) >= 11 is 0. The quantitative estimate of drug-likeness (QED) is 0.320. The van der Waals surface area contributed by atoms with Crippen LogP contribution in [0.3, 0.4) is 0 Å². The fourth-order valence-corrected chi connectivity index (χ4v) is 4.53. The summed E-state index contributed by atoms with van der Waals surface area (Å²) in [5.74, 6) is 1.00. The maximum absolute atomic E-state index is 14.1. The van der Waals surface area contributed by atoms with Crippen LogP contribution in [0, 0.1) is 17.8 Å². The van der Waals surface area contributed by atoms with E-state index in [4.69, 9.17) is 6.42 Å². The summed E-state index contributed by atoms with van der Waals surface area (Å²) in [6.45, 7) is 8.06. The Morgan fingerprint density at radius 2 is 1.57 bits per heavy atom. The van der Waals surface area contributed by atoms with E-state index in [9.17, 15) is 19.8 Å². The van der Waals surface area contributed by atoms with E-state index < -0.39 is 17.3 Å². The van der Waals surface area contributed by atoms with E-state index in [1.165, 1.54) is 28.7 Å². The minimum absolute atomic E-state index is 0.180. The molecule has 37 heavy (non-hydrogen) atoms. The highest BCUT2D eigenvalue weighted by Crippen LogP contribution is 2.42. The van der Waals surface area contributed by atoms with Gasteiger partial charge in [0.25, 0.3) is 0 Å². The number of phenols is 1. The van der Waals surface area contributed by atoms with Crippen LogP contribution < -0.4 is 4.90 Å². The average Bonchev–Trinajstić information content (AvgIpc) is 2.85. The molecule has 2 N–H and O–H groups in total. The number of aromatic carboxylic acids is 1. The number of aromatic hydroxyl groups is 1. The predicted octanol–water partition coefficient (Wildman–Crippen LogP) is 6.78. The van der Waals surface area contributed by atoms with Gasteiger partial charge in [0.15, 0.2) is 5.54 Å². The molecule has 3 rings (SSSR count). The van der Waals surface area contributed by atoms with Gasteiger partial charge in [-0.15, -0.1) is 6.42 Å². The van der Waals surface area contributed by atoms with Gasteiger partial charge in [0, 0.05) is 18.2 Å². The van der Waals surface area contributed by atoms with Crippen LogP contribution in [0.2, 0.25) is 0 Å². The topological polar surface area (TPSA) is 77.8 Å². The van der Waals surface area contributed by atoms with E-state index >= 15 is 0 Å². The Bertz CT molecular complexity index is 1280. The van der Waals surface area contributed by atoms with Gasteiger partial charge in [-0.05, 0) is 47.1 Å². The monoisotopic (exact) mass is 497 g/mol. The highest BCUT2D eigenvalue weighted by molar-refractivity contribution is 5.99. The van der Waals surface area contributed by atoms with E-state index in [1.54, 1.807) is 0 Å². The molecule has 5 heteroatoms. The van der Waals surface area contributed by atoms with Gasteiger partial charge >= 0.3 is 5.97 Å². The van der Waals surface area contributed by atoms with Crippen molar-refractivity contribution in [3.8, 4) is 18.1 Å². The Kier molecular flexibility index (Phi) is 8.45. The van der Waals surface area contributed by atoms with Crippen LogP contribution in [0.1, 0.15) is 74.0 Å². The first-order valence-electron chi connectivity index (χ1n) is 12.6. The maximum Gasteiger partial charge on any atom is 0.339 e. The third-order valence-corrected chi connectivity index (χ3v) is 6.33. The fourth-order valence-electron chi connectivity index (χ4n) is 4.53. The molecule has 0 bridgehead atoms. The van der Waals surface area contributed by atoms with Crippen LogP contribution >= 0.6 is 0 Å². The third kappa shape index (κ3) is 6.03. The second-order valence-electron chi connectivity index (χ2n) is 10.5. The van der Waals surface area contributed by atoms with E-state index in [0.717, 1.165) is 24.8 Å². The third-order valence-electron chi connectivity index (χ3n) is 6.33. The molecule has 1 amide bonds. The Balaban J connectivity index is 2.32. The summed E-state index contributed by atoms with van der Waals surface area (Å²) in [6, 6.07) is 21.5. The Hall–Kier alpha value is -4.04. The molecule has 0 aliphatic rings. The lowest BCUT2D eigenvalue weighted by Gasteiger charge is -2.42. The van der Waals surface area contributed by atoms with Gasteiger partial charge in [-0.25, -0.2) is 4.79 Å². The summed E-state index contributed by atoms with van der Waals surface area (Å²) in [5.41, 5.74) is 0.990. The van der Waals surface area contributed by atoms with Crippen molar-refractivity contribution >= 4 is 17.6 Å². The Morgan fingerprint density at radius 1 is 0.946 bits per heavy atom. The fraction of sp³-hybridized carbons (Fsp3) is 0.312. The number of carboxylic acids is 1. The molecular formula is C32H35NO4. The number of unbranched alkanes of at least 4 members (excludes halogenated alkanes) is 1. The van der Waals surface area contributed by atoms with Crippen molar-refractivity contribution in [1.82, 2.24) is 0 Å². The van der Waals surface area contributed by atoms with Crippen molar-refractivity contribution in [2.24, 2.45) is 5.41 Å². The molecule has 5 nitrogen and oxygen atoms in total. The SMILES string of the molecule is C#CC(c1ccccc1)(c1ccc(CCCC)cc1)N(C(=O)CC(C)(C)C)c1ccc(C(=O)O)c(O)c1. The number of rotatable bonds is 9. The molecule has 1 unspecified atom stereocenters. The van der Waals surface area contributed by atoms with Crippen molar-refractivity contribution in [2.75, 3.05) is 4.90 Å². The standard InChI is InChI=1S/C32H35NO4/c1-6-8-12-23-15-17-25(18-16-23)32(7-2,24-13-10-9-11-14-24)33(29(35)22-31(3,4)5)26-19-20-27(30(36)37)28(34)21-26/h2,9-11,13-21,34H,6,8,12,22H2,1,3-5H3,(H,36,37). The van der Waals surface area contributed by atoms with Crippen molar-refractivity contribution in [3.63, 3.8) is 0 Å². The lowest BCUT2D eigenvalue weighted by molar-refractivity contribution is -0.121.